The van der Waals surface area contributed by atoms with Gasteiger partial charge in [-0.2, -0.15) is 0 Å². The number of benzene rings is 2. The molecule has 0 spiro atoms. The molecule has 0 radical (unpaired) electrons. The Hall–Kier alpha value is -1.39. The Balaban J connectivity index is 2.07. The molecule has 20 heavy (non-hydrogen) atoms. The van der Waals surface area contributed by atoms with Gasteiger partial charge in [0, 0.05) is 17.1 Å². The molecule has 0 unspecified atom stereocenters. The van der Waals surface area contributed by atoms with Gasteiger partial charge in [-0.25, -0.2) is 4.39 Å². The molecule has 0 aliphatic heterocycles. The van der Waals surface area contributed by atoms with E-state index >= 15 is 0 Å². The lowest BCUT2D eigenvalue weighted by Crippen LogP contribution is -2.13. The summed E-state index contributed by atoms with van der Waals surface area (Å²) in [5, 5.41) is 3.34. The highest BCUT2D eigenvalue weighted by Gasteiger charge is 2.03. The Labute approximate surface area is 127 Å². The van der Waals surface area contributed by atoms with Crippen LogP contribution < -0.4 is 10.1 Å². The van der Waals surface area contributed by atoms with Crippen molar-refractivity contribution in [3.63, 3.8) is 0 Å². The fourth-order valence-electron chi connectivity index (χ4n) is 1.85. The van der Waals surface area contributed by atoms with E-state index in [1.807, 2.05) is 24.3 Å². The zero-order valence-electron chi connectivity index (χ0n) is 11.3. The molecule has 106 valence electrons. The molecule has 0 heterocycles. The fourth-order valence-corrected chi connectivity index (χ4v) is 2.30. The van der Waals surface area contributed by atoms with Crippen LogP contribution in [0.3, 0.4) is 0 Å². The molecular formula is C16H17BrFNO. The van der Waals surface area contributed by atoms with Gasteiger partial charge in [0.2, 0.25) is 0 Å². The van der Waals surface area contributed by atoms with E-state index in [4.69, 9.17) is 4.74 Å². The first-order valence-corrected chi connectivity index (χ1v) is 7.40. The average Bonchev–Trinajstić information content (AvgIpc) is 2.38. The fraction of sp³-hybridized carbons (Fsp3) is 0.250. The van der Waals surface area contributed by atoms with Gasteiger partial charge in [0.05, 0.1) is 0 Å². The average molecular weight is 338 g/mol. The predicted octanol–water partition coefficient (Wildman–Crippen LogP) is 4.88. The van der Waals surface area contributed by atoms with Crippen LogP contribution in [0.25, 0.3) is 0 Å². The van der Waals surface area contributed by atoms with Crippen molar-refractivity contribution >= 4 is 15.9 Å². The molecule has 0 aromatic heterocycles. The van der Waals surface area contributed by atoms with Crippen LogP contribution in [0.2, 0.25) is 0 Å². The van der Waals surface area contributed by atoms with E-state index in [2.05, 4.69) is 28.2 Å². The molecule has 2 aromatic rings. The Morgan fingerprint density at radius 1 is 1.15 bits per heavy atom. The van der Waals surface area contributed by atoms with Crippen molar-refractivity contribution < 1.29 is 9.13 Å². The van der Waals surface area contributed by atoms with Crippen molar-refractivity contribution in [3.8, 4) is 11.5 Å². The van der Waals surface area contributed by atoms with Crippen molar-refractivity contribution in [2.45, 2.75) is 19.9 Å². The second kappa shape index (κ2) is 7.41. The number of nitrogens with one attached hydrogen (secondary N) is 1. The molecule has 0 bridgehead atoms. The minimum Gasteiger partial charge on any atom is -0.457 e. The van der Waals surface area contributed by atoms with Gasteiger partial charge in [-0.05, 0) is 42.8 Å². The minimum absolute atomic E-state index is 0.324. The third kappa shape index (κ3) is 4.62. The first-order valence-electron chi connectivity index (χ1n) is 6.61. The third-order valence-corrected chi connectivity index (χ3v) is 3.18. The van der Waals surface area contributed by atoms with E-state index in [0.29, 0.717) is 16.0 Å². The Bertz CT molecular complexity index is 554. The van der Waals surface area contributed by atoms with Gasteiger partial charge >= 0.3 is 0 Å². The molecule has 0 fully saturated rings. The zero-order chi connectivity index (χ0) is 14.4. The molecule has 0 atom stereocenters. The summed E-state index contributed by atoms with van der Waals surface area (Å²) in [6.45, 7) is 3.92. The zero-order valence-corrected chi connectivity index (χ0v) is 12.9. The Morgan fingerprint density at radius 2 is 2.00 bits per heavy atom. The molecule has 0 aliphatic rings. The summed E-state index contributed by atoms with van der Waals surface area (Å²) in [5.74, 6) is 0.865. The summed E-state index contributed by atoms with van der Waals surface area (Å²) in [6, 6.07) is 12.3. The maximum atomic E-state index is 13.3. The molecule has 0 amide bonds. The van der Waals surface area contributed by atoms with Gasteiger partial charge in [0.25, 0.3) is 0 Å². The van der Waals surface area contributed by atoms with E-state index in [1.54, 1.807) is 6.07 Å². The lowest BCUT2D eigenvalue weighted by atomic mass is 10.2. The SMILES string of the molecule is CCCNCc1cccc(Oc2cc(F)cc(Br)c2)c1. The van der Waals surface area contributed by atoms with Crippen LogP contribution in [0, 0.1) is 5.82 Å². The van der Waals surface area contributed by atoms with Gasteiger partial charge in [-0.15, -0.1) is 0 Å². The summed E-state index contributed by atoms with van der Waals surface area (Å²) in [7, 11) is 0. The predicted molar refractivity (Wildman–Crippen MR) is 82.6 cm³/mol. The lowest BCUT2D eigenvalue weighted by Gasteiger charge is -2.09. The second-order valence-electron chi connectivity index (χ2n) is 4.53. The number of hydrogen-bond donors (Lipinski definition) is 1. The monoisotopic (exact) mass is 337 g/mol. The largest absolute Gasteiger partial charge is 0.457 e. The van der Waals surface area contributed by atoms with Gasteiger partial charge in [-0.3, -0.25) is 0 Å². The number of hydrogen-bond acceptors (Lipinski definition) is 2. The second-order valence-corrected chi connectivity index (χ2v) is 5.45. The van der Waals surface area contributed by atoms with Crippen LogP contribution in [-0.4, -0.2) is 6.54 Å². The quantitative estimate of drug-likeness (QED) is 0.758. The van der Waals surface area contributed by atoms with Gasteiger partial charge < -0.3 is 10.1 Å². The van der Waals surface area contributed by atoms with Gasteiger partial charge in [-0.1, -0.05) is 35.0 Å². The van der Waals surface area contributed by atoms with Crippen molar-refractivity contribution in [3.05, 3.63) is 58.3 Å². The maximum absolute atomic E-state index is 13.3. The van der Waals surface area contributed by atoms with Crippen LogP contribution in [0.4, 0.5) is 4.39 Å². The van der Waals surface area contributed by atoms with E-state index in [-0.39, 0.29) is 5.82 Å². The highest BCUT2D eigenvalue weighted by molar-refractivity contribution is 9.10. The molecule has 2 aromatic carbocycles. The molecule has 0 aliphatic carbocycles. The maximum Gasteiger partial charge on any atom is 0.131 e. The molecule has 0 saturated carbocycles. The molecule has 2 rings (SSSR count). The summed E-state index contributed by atoms with van der Waals surface area (Å²) in [4.78, 5) is 0. The van der Waals surface area contributed by atoms with E-state index in [9.17, 15) is 4.39 Å². The molecule has 4 heteroatoms. The van der Waals surface area contributed by atoms with Crippen LogP contribution in [0.15, 0.2) is 46.9 Å². The Morgan fingerprint density at radius 3 is 2.75 bits per heavy atom. The first-order chi connectivity index (χ1) is 9.67. The van der Waals surface area contributed by atoms with Crippen LogP contribution in [0.1, 0.15) is 18.9 Å². The highest BCUT2D eigenvalue weighted by Crippen LogP contribution is 2.26. The van der Waals surface area contributed by atoms with Crippen LogP contribution in [-0.2, 0) is 6.54 Å². The number of rotatable bonds is 6. The third-order valence-electron chi connectivity index (χ3n) is 2.73. The normalized spacial score (nSPS) is 10.6. The van der Waals surface area contributed by atoms with Crippen LogP contribution in [0.5, 0.6) is 11.5 Å². The topological polar surface area (TPSA) is 21.3 Å². The van der Waals surface area contributed by atoms with E-state index < -0.39 is 0 Å². The number of halogens is 2. The molecule has 1 N–H and O–H groups in total. The summed E-state index contributed by atoms with van der Waals surface area (Å²) >= 11 is 3.25. The lowest BCUT2D eigenvalue weighted by molar-refractivity contribution is 0.475. The van der Waals surface area contributed by atoms with Crippen LogP contribution >= 0.6 is 15.9 Å². The highest BCUT2D eigenvalue weighted by atomic mass is 79.9. The summed E-state index contributed by atoms with van der Waals surface area (Å²) in [5.41, 5.74) is 1.14. The standard InChI is InChI=1S/C16H17BrFNO/c1-2-6-19-11-12-4-3-5-15(7-12)20-16-9-13(17)8-14(18)10-16/h3-5,7-10,19H,2,6,11H2,1H3. The smallest absolute Gasteiger partial charge is 0.131 e. The first kappa shape index (κ1) is 15.0. The molecule has 0 saturated heterocycles. The number of ether oxygens (including phenoxy) is 1. The molecule has 2 nitrogen and oxygen atoms in total. The van der Waals surface area contributed by atoms with Crippen molar-refractivity contribution in [1.29, 1.82) is 0 Å². The Kier molecular flexibility index (Phi) is 5.56. The minimum atomic E-state index is -0.324. The summed E-state index contributed by atoms with van der Waals surface area (Å²) in [6.07, 6.45) is 1.10. The molecular weight excluding hydrogens is 321 g/mol. The van der Waals surface area contributed by atoms with Crippen molar-refractivity contribution in [2.75, 3.05) is 6.54 Å². The van der Waals surface area contributed by atoms with E-state index in [1.165, 1.54) is 12.1 Å². The van der Waals surface area contributed by atoms with Gasteiger partial charge in [0.1, 0.15) is 17.3 Å². The van der Waals surface area contributed by atoms with Crippen molar-refractivity contribution in [2.24, 2.45) is 0 Å². The van der Waals surface area contributed by atoms with E-state index in [0.717, 1.165) is 25.1 Å². The summed E-state index contributed by atoms with van der Waals surface area (Å²) < 4.78 is 19.6. The van der Waals surface area contributed by atoms with Gasteiger partial charge in [0.15, 0.2) is 0 Å². The van der Waals surface area contributed by atoms with Crippen molar-refractivity contribution in [1.82, 2.24) is 5.32 Å².